The Labute approximate surface area is 149 Å². The Kier molecular flexibility index (Phi) is 5.31. The third-order valence-corrected chi connectivity index (χ3v) is 4.70. The summed E-state index contributed by atoms with van der Waals surface area (Å²) in [6, 6.07) is 3.75. The lowest BCUT2D eigenvalue weighted by Gasteiger charge is -2.39. The molecule has 1 aliphatic heterocycles. The smallest absolute Gasteiger partial charge is 0.410 e. The molecule has 0 radical (unpaired) electrons. The molecule has 1 aromatic rings. The fourth-order valence-electron chi connectivity index (χ4n) is 2.93. The first-order valence-corrected chi connectivity index (χ1v) is 8.57. The fourth-order valence-corrected chi connectivity index (χ4v) is 3.09. The van der Waals surface area contributed by atoms with Gasteiger partial charge in [-0.1, -0.05) is 30.3 Å². The minimum atomic E-state index is -1.01. The summed E-state index contributed by atoms with van der Waals surface area (Å²) < 4.78 is 5.40. The molecule has 1 aliphatic rings. The molecule has 1 aromatic carbocycles. The SMILES string of the molecule is C=Cc1cc(C)c(Cl)cc1C1(O)CCN(C(=O)OC(C)(C)C)CC1. The zero-order chi connectivity index (χ0) is 18.1. The number of hydrogen-bond acceptors (Lipinski definition) is 3. The monoisotopic (exact) mass is 351 g/mol. The Morgan fingerprint density at radius 2 is 1.96 bits per heavy atom. The predicted molar refractivity (Wildman–Crippen MR) is 97.2 cm³/mol. The molecule has 0 aromatic heterocycles. The Balaban J connectivity index is 2.17. The van der Waals surface area contributed by atoms with E-state index in [-0.39, 0.29) is 6.09 Å². The molecule has 1 heterocycles. The number of hydrogen-bond donors (Lipinski definition) is 1. The predicted octanol–water partition coefficient (Wildman–Crippen LogP) is 4.51. The average molecular weight is 352 g/mol. The Morgan fingerprint density at radius 1 is 1.38 bits per heavy atom. The molecule has 0 bridgehead atoms. The van der Waals surface area contributed by atoms with E-state index in [0.29, 0.717) is 31.0 Å². The third kappa shape index (κ3) is 4.11. The van der Waals surface area contributed by atoms with Crippen LogP contribution in [0, 0.1) is 6.92 Å². The highest BCUT2D eigenvalue weighted by atomic mass is 35.5. The molecule has 2 rings (SSSR count). The van der Waals surface area contributed by atoms with E-state index in [9.17, 15) is 9.90 Å². The van der Waals surface area contributed by atoms with Gasteiger partial charge in [0.15, 0.2) is 0 Å². The maximum atomic E-state index is 12.2. The fraction of sp³-hybridized carbons (Fsp3) is 0.526. The minimum Gasteiger partial charge on any atom is -0.444 e. The quantitative estimate of drug-likeness (QED) is 0.852. The number of piperidine rings is 1. The van der Waals surface area contributed by atoms with E-state index in [2.05, 4.69) is 6.58 Å². The average Bonchev–Trinajstić information content (AvgIpc) is 2.48. The molecule has 24 heavy (non-hydrogen) atoms. The second kappa shape index (κ2) is 6.77. The van der Waals surface area contributed by atoms with E-state index in [1.807, 2.05) is 39.8 Å². The second-order valence-electron chi connectivity index (χ2n) is 7.39. The van der Waals surface area contributed by atoms with Gasteiger partial charge in [-0.15, -0.1) is 0 Å². The molecule has 0 unspecified atom stereocenters. The number of aliphatic hydroxyl groups is 1. The topological polar surface area (TPSA) is 49.8 Å². The maximum absolute atomic E-state index is 12.2. The van der Waals surface area contributed by atoms with Crippen LogP contribution >= 0.6 is 11.6 Å². The number of ether oxygens (including phenoxy) is 1. The molecule has 0 saturated carbocycles. The molecule has 4 nitrogen and oxygen atoms in total. The van der Waals surface area contributed by atoms with Crippen LogP contribution in [0.1, 0.15) is 50.3 Å². The van der Waals surface area contributed by atoms with Gasteiger partial charge in [-0.2, -0.15) is 0 Å². The summed E-state index contributed by atoms with van der Waals surface area (Å²) in [5.41, 5.74) is 1.07. The molecule has 0 spiro atoms. The number of benzene rings is 1. The highest BCUT2D eigenvalue weighted by Crippen LogP contribution is 2.37. The van der Waals surface area contributed by atoms with Gasteiger partial charge in [0.05, 0.1) is 5.60 Å². The molecule has 0 aliphatic carbocycles. The standard InChI is InChI=1S/C19H26ClNO3/c1-6-14-11-13(2)16(20)12-15(14)19(23)7-9-21(10-8-19)17(22)24-18(3,4)5/h6,11-12,23H,1,7-10H2,2-5H3. The first kappa shape index (κ1) is 18.8. The summed E-state index contributed by atoms with van der Waals surface area (Å²) in [5, 5.41) is 11.7. The summed E-state index contributed by atoms with van der Waals surface area (Å²) in [5.74, 6) is 0. The van der Waals surface area contributed by atoms with Gasteiger partial charge in [-0.05, 0) is 63.3 Å². The van der Waals surface area contributed by atoms with Crippen molar-refractivity contribution in [3.05, 3.63) is 40.4 Å². The summed E-state index contributed by atoms with van der Waals surface area (Å²) >= 11 is 6.25. The van der Waals surface area contributed by atoms with Crippen LogP contribution in [0.15, 0.2) is 18.7 Å². The number of rotatable bonds is 2. The van der Waals surface area contributed by atoms with E-state index in [0.717, 1.165) is 16.7 Å². The lowest BCUT2D eigenvalue weighted by atomic mass is 9.81. The lowest BCUT2D eigenvalue weighted by molar-refractivity contribution is -0.0357. The van der Waals surface area contributed by atoms with Crippen molar-refractivity contribution in [1.82, 2.24) is 4.90 Å². The van der Waals surface area contributed by atoms with Crippen LogP contribution in [0.4, 0.5) is 4.79 Å². The largest absolute Gasteiger partial charge is 0.444 e. The molecular formula is C19H26ClNO3. The third-order valence-electron chi connectivity index (χ3n) is 4.29. The summed E-state index contributed by atoms with van der Waals surface area (Å²) in [4.78, 5) is 13.8. The Morgan fingerprint density at radius 3 is 2.46 bits per heavy atom. The molecular weight excluding hydrogens is 326 g/mol. The highest BCUT2D eigenvalue weighted by Gasteiger charge is 2.38. The van der Waals surface area contributed by atoms with Gasteiger partial charge in [-0.25, -0.2) is 4.79 Å². The number of nitrogens with zero attached hydrogens (tertiary/aromatic N) is 1. The van der Waals surface area contributed by atoms with Gasteiger partial charge in [-0.3, -0.25) is 0 Å². The van der Waals surface area contributed by atoms with Gasteiger partial charge in [0.25, 0.3) is 0 Å². The van der Waals surface area contributed by atoms with Crippen molar-refractivity contribution >= 4 is 23.8 Å². The van der Waals surface area contributed by atoms with E-state index in [4.69, 9.17) is 16.3 Å². The molecule has 132 valence electrons. The molecule has 1 amide bonds. The van der Waals surface area contributed by atoms with Crippen molar-refractivity contribution in [3.63, 3.8) is 0 Å². The summed E-state index contributed by atoms with van der Waals surface area (Å²) in [7, 11) is 0. The first-order chi connectivity index (χ1) is 11.1. The summed E-state index contributed by atoms with van der Waals surface area (Å²) in [6.07, 6.45) is 2.27. The van der Waals surface area contributed by atoms with E-state index < -0.39 is 11.2 Å². The second-order valence-corrected chi connectivity index (χ2v) is 7.80. The number of likely N-dealkylation sites (tertiary alicyclic amines) is 1. The van der Waals surface area contributed by atoms with Crippen molar-refractivity contribution in [3.8, 4) is 0 Å². The zero-order valence-corrected chi connectivity index (χ0v) is 15.6. The van der Waals surface area contributed by atoms with Crippen LogP contribution in [-0.2, 0) is 10.3 Å². The maximum Gasteiger partial charge on any atom is 0.410 e. The van der Waals surface area contributed by atoms with E-state index >= 15 is 0 Å². The van der Waals surface area contributed by atoms with Crippen LogP contribution in [0.3, 0.4) is 0 Å². The van der Waals surface area contributed by atoms with Gasteiger partial charge < -0.3 is 14.7 Å². The van der Waals surface area contributed by atoms with Gasteiger partial charge >= 0.3 is 6.09 Å². The van der Waals surface area contributed by atoms with Crippen molar-refractivity contribution in [2.75, 3.05) is 13.1 Å². The first-order valence-electron chi connectivity index (χ1n) is 8.19. The number of carbonyl (C=O) groups excluding carboxylic acids is 1. The van der Waals surface area contributed by atoms with Crippen molar-refractivity contribution in [1.29, 1.82) is 0 Å². The van der Waals surface area contributed by atoms with Crippen LogP contribution in [-0.4, -0.2) is 34.8 Å². The zero-order valence-electron chi connectivity index (χ0n) is 14.9. The minimum absolute atomic E-state index is 0.338. The normalized spacial score (nSPS) is 17.5. The lowest BCUT2D eigenvalue weighted by Crippen LogP contribution is -2.47. The number of aryl methyl sites for hydroxylation is 1. The van der Waals surface area contributed by atoms with E-state index in [1.165, 1.54) is 0 Å². The molecule has 1 saturated heterocycles. The van der Waals surface area contributed by atoms with Crippen LogP contribution in [0.2, 0.25) is 5.02 Å². The van der Waals surface area contributed by atoms with Crippen molar-refractivity contribution in [2.45, 2.75) is 51.7 Å². The highest BCUT2D eigenvalue weighted by molar-refractivity contribution is 6.31. The molecule has 0 atom stereocenters. The molecule has 5 heteroatoms. The summed E-state index contributed by atoms with van der Waals surface area (Å²) in [6.45, 7) is 12.2. The van der Waals surface area contributed by atoms with Crippen LogP contribution in [0.5, 0.6) is 0 Å². The Hall–Kier alpha value is -1.52. The van der Waals surface area contributed by atoms with E-state index in [1.54, 1.807) is 11.0 Å². The number of halogens is 1. The number of amides is 1. The van der Waals surface area contributed by atoms with Crippen molar-refractivity contribution < 1.29 is 14.6 Å². The molecule has 1 fully saturated rings. The van der Waals surface area contributed by atoms with Gasteiger partial charge in [0.2, 0.25) is 0 Å². The van der Waals surface area contributed by atoms with Crippen LogP contribution in [0.25, 0.3) is 6.08 Å². The van der Waals surface area contributed by atoms with Gasteiger partial charge in [0.1, 0.15) is 5.60 Å². The molecule has 1 N–H and O–H groups in total. The van der Waals surface area contributed by atoms with Crippen molar-refractivity contribution in [2.24, 2.45) is 0 Å². The Bertz CT molecular complexity index is 641. The van der Waals surface area contributed by atoms with Gasteiger partial charge in [0, 0.05) is 18.1 Å². The van der Waals surface area contributed by atoms with Crippen LogP contribution < -0.4 is 0 Å². The number of carbonyl (C=O) groups is 1.